The summed E-state index contributed by atoms with van der Waals surface area (Å²) in [7, 11) is 0. The smallest absolute Gasteiger partial charge is 0.225 e. The highest BCUT2D eigenvalue weighted by molar-refractivity contribution is 5.85. The Morgan fingerprint density at radius 1 is 1.35 bits per heavy atom. The maximum Gasteiger partial charge on any atom is 0.225 e. The second-order valence-electron chi connectivity index (χ2n) is 5.12. The van der Waals surface area contributed by atoms with Gasteiger partial charge in [0.2, 0.25) is 5.91 Å². The van der Waals surface area contributed by atoms with Gasteiger partial charge in [0, 0.05) is 24.1 Å². The average molecular weight is 255 g/mol. The van der Waals surface area contributed by atoms with E-state index in [2.05, 4.69) is 22.8 Å². The number of piperidine rings is 1. The molecule has 17 heavy (non-hydrogen) atoms. The molecule has 94 valence electrons. The third-order valence-corrected chi connectivity index (χ3v) is 4.00. The van der Waals surface area contributed by atoms with E-state index in [-0.39, 0.29) is 23.7 Å². The van der Waals surface area contributed by atoms with Crippen LogP contribution in [0.4, 0.5) is 0 Å². The minimum Gasteiger partial charge on any atom is -0.329 e. The Morgan fingerprint density at radius 2 is 2.24 bits per heavy atom. The van der Waals surface area contributed by atoms with Gasteiger partial charge in [-0.3, -0.25) is 4.79 Å². The van der Waals surface area contributed by atoms with Gasteiger partial charge in [0.25, 0.3) is 0 Å². The molecule has 0 saturated carbocycles. The summed E-state index contributed by atoms with van der Waals surface area (Å²) in [6.07, 6.45) is 9.53. The average Bonchev–Trinajstić information content (AvgIpc) is 2.30. The van der Waals surface area contributed by atoms with E-state index < -0.39 is 0 Å². The van der Waals surface area contributed by atoms with Gasteiger partial charge in [0.1, 0.15) is 0 Å². The van der Waals surface area contributed by atoms with Gasteiger partial charge in [-0.1, -0.05) is 12.2 Å². The van der Waals surface area contributed by atoms with Crippen molar-refractivity contribution >= 4 is 18.3 Å². The number of allylic oxidation sites excluding steroid dienone is 3. The van der Waals surface area contributed by atoms with Crippen LogP contribution in [0.5, 0.6) is 0 Å². The number of halogens is 1. The molecule has 1 unspecified atom stereocenters. The lowest BCUT2D eigenvalue weighted by Crippen LogP contribution is -2.48. The molecule has 2 aliphatic heterocycles. The van der Waals surface area contributed by atoms with Crippen LogP contribution in [0.15, 0.2) is 23.4 Å². The maximum atomic E-state index is 11.8. The van der Waals surface area contributed by atoms with Crippen LogP contribution < -0.4 is 10.6 Å². The second kappa shape index (κ2) is 4.83. The number of rotatable bonds is 0. The monoisotopic (exact) mass is 254 g/mol. The van der Waals surface area contributed by atoms with E-state index >= 15 is 0 Å². The lowest BCUT2D eigenvalue weighted by Gasteiger charge is -2.43. The number of amides is 1. The first-order valence-electron chi connectivity index (χ1n) is 6.21. The highest BCUT2D eigenvalue weighted by Gasteiger charge is 2.41. The Hall–Kier alpha value is -0.800. The molecule has 1 aliphatic carbocycles. The minimum atomic E-state index is 0. The lowest BCUT2D eigenvalue weighted by molar-refractivity contribution is -0.123. The summed E-state index contributed by atoms with van der Waals surface area (Å²) in [5.74, 6) is 0.206. The number of hydrogen-bond acceptors (Lipinski definition) is 2. The molecule has 0 aromatic rings. The van der Waals surface area contributed by atoms with Crippen molar-refractivity contribution in [2.45, 2.75) is 32.1 Å². The van der Waals surface area contributed by atoms with E-state index in [1.807, 2.05) is 0 Å². The quantitative estimate of drug-likeness (QED) is 0.693. The minimum absolute atomic E-state index is 0. The summed E-state index contributed by atoms with van der Waals surface area (Å²) < 4.78 is 0. The standard InChI is InChI=1S/C13H18N2O.ClH/c16-12-8-13(6-3-7-14-9-13)10-4-1-2-5-11(10)15-12;/h1,4,14H,2-3,5-9H2,(H,15,16);1H. The van der Waals surface area contributed by atoms with Crippen molar-refractivity contribution in [3.8, 4) is 0 Å². The first kappa shape index (κ1) is 12.7. The van der Waals surface area contributed by atoms with Crippen LogP contribution in [0.1, 0.15) is 32.1 Å². The van der Waals surface area contributed by atoms with Crippen molar-refractivity contribution in [3.63, 3.8) is 0 Å². The molecule has 3 rings (SSSR count). The van der Waals surface area contributed by atoms with E-state index in [0.29, 0.717) is 6.42 Å². The molecule has 1 saturated heterocycles. The molecule has 3 nitrogen and oxygen atoms in total. The highest BCUT2D eigenvalue weighted by atomic mass is 35.5. The first-order chi connectivity index (χ1) is 7.80. The zero-order valence-electron chi connectivity index (χ0n) is 9.92. The third-order valence-electron chi connectivity index (χ3n) is 4.00. The number of hydrogen-bond donors (Lipinski definition) is 2. The zero-order valence-corrected chi connectivity index (χ0v) is 10.7. The molecule has 1 fully saturated rings. The van der Waals surface area contributed by atoms with Gasteiger partial charge in [-0.15, -0.1) is 12.4 Å². The molecule has 1 spiro atoms. The summed E-state index contributed by atoms with van der Waals surface area (Å²) in [5.41, 5.74) is 2.67. The number of nitrogens with one attached hydrogen (secondary N) is 2. The first-order valence-corrected chi connectivity index (χ1v) is 6.21. The van der Waals surface area contributed by atoms with Gasteiger partial charge in [-0.25, -0.2) is 0 Å². The molecule has 4 heteroatoms. The molecular weight excluding hydrogens is 236 g/mol. The number of carbonyl (C=O) groups excluding carboxylic acids is 1. The van der Waals surface area contributed by atoms with E-state index in [4.69, 9.17) is 0 Å². The van der Waals surface area contributed by atoms with Crippen LogP contribution in [0.25, 0.3) is 0 Å². The number of fused-ring (bicyclic) bond motifs is 1. The van der Waals surface area contributed by atoms with Crippen LogP contribution in [-0.4, -0.2) is 19.0 Å². The second-order valence-corrected chi connectivity index (χ2v) is 5.12. The van der Waals surface area contributed by atoms with E-state index in [1.54, 1.807) is 0 Å². The third kappa shape index (κ3) is 2.14. The predicted octanol–water partition coefficient (Wildman–Crippen LogP) is 1.90. The fraction of sp³-hybridized carbons (Fsp3) is 0.615. The van der Waals surface area contributed by atoms with Crippen molar-refractivity contribution in [1.29, 1.82) is 0 Å². The van der Waals surface area contributed by atoms with Crippen LogP contribution in [0.3, 0.4) is 0 Å². The molecule has 1 amide bonds. The molecule has 0 radical (unpaired) electrons. The molecule has 1 atom stereocenters. The van der Waals surface area contributed by atoms with Crippen LogP contribution in [0, 0.1) is 5.41 Å². The van der Waals surface area contributed by atoms with Crippen molar-refractivity contribution in [2.24, 2.45) is 5.41 Å². The molecule has 2 N–H and O–H groups in total. The molecule has 2 heterocycles. The Kier molecular flexibility index (Phi) is 3.59. The largest absolute Gasteiger partial charge is 0.329 e. The SMILES string of the molecule is Cl.O=C1CC2(CCCNC2)C2=C(CCC=C2)N1. The van der Waals surface area contributed by atoms with E-state index in [9.17, 15) is 4.79 Å². The van der Waals surface area contributed by atoms with Gasteiger partial charge >= 0.3 is 0 Å². The summed E-state index contributed by atoms with van der Waals surface area (Å²) in [5, 5.41) is 6.50. The lowest BCUT2D eigenvalue weighted by atomic mass is 9.68. The van der Waals surface area contributed by atoms with Crippen LogP contribution >= 0.6 is 12.4 Å². The Morgan fingerprint density at radius 3 is 3.00 bits per heavy atom. The van der Waals surface area contributed by atoms with Crippen LogP contribution in [-0.2, 0) is 4.79 Å². The Balaban J connectivity index is 0.00000108. The zero-order chi connectivity index (χ0) is 11.0. The van der Waals surface area contributed by atoms with Gasteiger partial charge in [0.15, 0.2) is 0 Å². The topological polar surface area (TPSA) is 41.1 Å². The van der Waals surface area contributed by atoms with Crippen molar-refractivity contribution in [1.82, 2.24) is 10.6 Å². The molecule has 0 aromatic heterocycles. The molecule has 3 aliphatic rings. The van der Waals surface area contributed by atoms with Crippen molar-refractivity contribution in [2.75, 3.05) is 13.1 Å². The van der Waals surface area contributed by atoms with Gasteiger partial charge < -0.3 is 10.6 Å². The Labute approximate surface area is 108 Å². The van der Waals surface area contributed by atoms with Crippen LogP contribution in [0.2, 0.25) is 0 Å². The fourth-order valence-corrected chi connectivity index (χ4v) is 3.25. The number of carbonyl (C=O) groups is 1. The van der Waals surface area contributed by atoms with Crippen molar-refractivity contribution < 1.29 is 4.79 Å². The van der Waals surface area contributed by atoms with Crippen molar-refractivity contribution in [3.05, 3.63) is 23.4 Å². The normalized spacial score (nSPS) is 31.9. The molecule has 0 bridgehead atoms. The van der Waals surface area contributed by atoms with Gasteiger partial charge in [-0.05, 0) is 37.8 Å². The summed E-state index contributed by atoms with van der Waals surface area (Å²) in [4.78, 5) is 11.8. The predicted molar refractivity (Wildman–Crippen MR) is 69.9 cm³/mol. The fourth-order valence-electron chi connectivity index (χ4n) is 3.25. The maximum absolute atomic E-state index is 11.8. The Bertz CT molecular complexity index is 381. The van der Waals surface area contributed by atoms with Gasteiger partial charge in [0.05, 0.1) is 0 Å². The van der Waals surface area contributed by atoms with E-state index in [0.717, 1.165) is 32.4 Å². The van der Waals surface area contributed by atoms with Gasteiger partial charge in [-0.2, -0.15) is 0 Å². The molecule has 0 aromatic carbocycles. The summed E-state index contributed by atoms with van der Waals surface area (Å²) in [6, 6.07) is 0. The molecular formula is C13H19ClN2O. The highest BCUT2D eigenvalue weighted by Crippen LogP contribution is 2.44. The van der Waals surface area contributed by atoms with E-state index in [1.165, 1.54) is 17.7 Å². The summed E-state index contributed by atoms with van der Waals surface area (Å²) >= 11 is 0. The summed E-state index contributed by atoms with van der Waals surface area (Å²) in [6.45, 7) is 2.05.